The standard InChI is InChI=1S/C41H61BrN6O9S2/c1-26-8-7-11-38(51)57-31(20-28(3)42)22-37-46-32(24-59-37)27(2)19-30(21-39(52)56-29(4)18-26)45-23-36(50)44-13-15-55-17-16-54-14-12-43-35(49)10-6-5-9-34-40-33(25-58-34)47-41(53)48-40/h7-8,11,20,24,27,29-31,33-34,40,45H,5-6,9-10,12-19,21-23,25H2,1-4H3,(H,43,49)(H,44,50)(H2,47,48,53)/b11-7-,26-8+,28-20+/t27-,29?,30?,31+,33?,34-,40?/m0/s1. The van der Waals surface area contributed by atoms with E-state index in [0.29, 0.717) is 70.5 Å². The number of fused-ring (bicyclic) bond motifs is 3. The molecular weight excluding hydrogens is 865 g/mol. The highest BCUT2D eigenvalue weighted by Gasteiger charge is 2.42. The number of cyclic esters (lactones) is 2. The lowest BCUT2D eigenvalue weighted by molar-refractivity contribution is -0.149. The van der Waals surface area contributed by atoms with E-state index in [-0.39, 0.29) is 66.9 Å². The van der Waals surface area contributed by atoms with Gasteiger partial charge < -0.3 is 45.5 Å². The molecule has 0 radical (unpaired) electrons. The van der Waals surface area contributed by atoms with Gasteiger partial charge in [0.25, 0.3) is 0 Å². The van der Waals surface area contributed by atoms with E-state index >= 15 is 0 Å². The third-order valence-corrected chi connectivity index (χ3v) is 12.5. The number of nitrogens with one attached hydrogen (secondary N) is 5. The van der Waals surface area contributed by atoms with E-state index in [1.807, 2.05) is 50.9 Å². The Balaban J connectivity index is 1.11. The molecule has 59 heavy (non-hydrogen) atoms. The van der Waals surface area contributed by atoms with E-state index in [9.17, 15) is 24.0 Å². The summed E-state index contributed by atoms with van der Waals surface area (Å²) in [5.74, 6) is -0.155. The Morgan fingerprint density at radius 1 is 1.00 bits per heavy atom. The van der Waals surface area contributed by atoms with Crippen LogP contribution in [0.15, 0.2) is 39.7 Å². The van der Waals surface area contributed by atoms with Crippen LogP contribution in [0.2, 0.25) is 0 Å². The first-order chi connectivity index (χ1) is 28.3. The Labute approximate surface area is 364 Å². The smallest absolute Gasteiger partial charge is 0.331 e. The number of amides is 4. The minimum Gasteiger partial charge on any atom is -0.462 e. The predicted octanol–water partition coefficient (Wildman–Crippen LogP) is 4.57. The number of ether oxygens (including phenoxy) is 4. The molecule has 18 heteroatoms. The third-order valence-electron chi connectivity index (χ3n) is 9.88. The van der Waals surface area contributed by atoms with E-state index in [1.54, 1.807) is 12.2 Å². The van der Waals surface area contributed by atoms with Crippen LogP contribution in [0.25, 0.3) is 0 Å². The molecule has 2 bridgehead atoms. The highest BCUT2D eigenvalue weighted by molar-refractivity contribution is 9.11. The largest absolute Gasteiger partial charge is 0.462 e. The third kappa shape index (κ3) is 18.9. The number of esters is 2. The molecule has 4 unspecified atom stereocenters. The van der Waals surface area contributed by atoms with Crippen LogP contribution in [-0.2, 0) is 44.5 Å². The van der Waals surface area contributed by atoms with E-state index in [2.05, 4.69) is 42.5 Å². The fourth-order valence-electron chi connectivity index (χ4n) is 7.02. The van der Waals surface area contributed by atoms with Gasteiger partial charge in [-0.3, -0.25) is 14.4 Å². The Morgan fingerprint density at radius 3 is 2.49 bits per heavy atom. The number of urea groups is 1. The maximum Gasteiger partial charge on any atom is 0.331 e. The first-order valence-electron chi connectivity index (χ1n) is 20.5. The average Bonchev–Trinajstić information content (AvgIpc) is 3.88. The number of thiazole rings is 1. The number of halogens is 1. The number of carbonyl (C=O) groups excluding carboxylic acids is 5. The number of unbranched alkanes of at least 4 members (excludes halogenated alkanes) is 1. The van der Waals surface area contributed by atoms with Crippen molar-refractivity contribution in [3.8, 4) is 0 Å². The summed E-state index contributed by atoms with van der Waals surface area (Å²) in [6.45, 7) is 9.78. The summed E-state index contributed by atoms with van der Waals surface area (Å²) >= 11 is 6.82. The second kappa shape index (κ2) is 26.1. The van der Waals surface area contributed by atoms with Gasteiger partial charge in [0.05, 0.1) is 62.2 Å². The van der Waals surface area contributed by atoms with Gasteiger partial charge in [-0.25, -0.2) is 14.6 Å². The Morgan fingerprint density at radius 2 is 1.75 bits per heavy atom. The average molecular weight is 926 g/mol. The van der Waals surface area contributed by atoms with Crippen molar-refractivity contribution in [2.45, 2.75) is 121 Å². The van der Waals surface area contributed by atoms with E-state index in [4.69, 9.17) is 23.9 Å². The van der Waals surface area contributed by atoms with Gasteiger partial charge in [0.1, 0.15) is 12.2 Å². The van der Waals surface area contributed by atoms with Crippen LogP contribution in [0.1, 0.15) is 89.3 Å². The molecule has 0 aromatic carbocycles. The van der Waals surface area contributed by atoms with E-state index < -0.39 is 12.1 Å². The van der Waals surface area contributed by atoms with Crippen LogP contribution in [-0.4, -0.2) is 122 Å². The monoisotopic (exact) mass is 924 g/mol. The number of rotatable bonds is 18. The second-order valence-corrected chi connectivity index (χ2v) is 18.7. The summed E-state index contributed by atoms with van der Waals surface area (Å²) in [4.78, 5) is 66.9. The van der Waals surface area contributed by atoms with Gasteiger partial charge in [-0.1, -0.05) is 47.0 Å². The summed E-state index contributed by atoms with van der Waals surface area (Å²) in [7, 11) is 0. The van der Waals surface area contributed by atoms with Crippen molar-refractivity contribution in [2.75, 3.05) is 51.8 Å². The Hall–Kier alpha value is -3.29. The predicted molar refractivity (Wildman–Crippen MR) is 233 cm³/mol. The summed E-state index contributed by atoms with van der Waals surface area (Å²) in [5, 5.41) is 18.1. The summed E-state index contributed by atoms with van der Waals surface area (Å²) in [6.07, 6.45) is 10.5. The van der Waals surface area contributed by atoms with Crippen LogP contribution in [0.4, 0.5) is 4.79 Å². The zero-order chi connectivity index (χ0) is 42.6. The molecule has 3 aliphatic heterocycles. The minimum atomic E-state index is -0.503. The van der Waals surface area contributed by atoms with Crippen molar-refractivity contribution in [3.63, 3.8) is 0 Å². The lowest BCUT2D eigenvalue weighted by atomic mass is 9.97. The van der Waals surface area contributed by atoms with Crippen molar-refractivity contribution >= 4 is 68.8 Å². The molecule has 5 N–H and O–H groups in total. The SMILES string of the molecule is C/C(Br)=C\[C@@H]1Cc2nc(cs2)[C@@H](C)CC(NCC(=O)NCCOCCOCCNC(=O)CCCC[C@@H]2SCC3NC(=O)NC32)CC(=O)OC(C)C/C(C)=C/C=C\C(=O)O1. The van der Waals surface area contributed by atoms with Gasteiger partial charge in [0.15, 0.2) is 0 Å². The molecule has 1 aromatic rings. The number of hydrogen-bond donors (Lipinski definition) is 5. The van der Waals surface area contributed by atoms with Crippen LogP contribution in [0, 0.1) is 0 Å². The molecule has 0 aliphatic carbocycles. The molecule has 2 fully saturated rings. The fraction of sp³-hybridized carbons (Fsp3) is 0.659. The maximum absolute atomic E-state index is 13.1. The molecule has 4 amide bonds. The van der Waals surface area contributed by atoms with Gasteiger partial charge in [0.2, 0.25) is 11.8 Å². The molecule has 4 heterocycles. The van der Waals surface area contributed by atoms with Gasteiger partial charge in [-0.15, -0.1) is 11.3 Å². The van der Waals surface area contributed by atoms with Crippen LogP contribution in [0.3, 0.4) is 0 Å². The second-order valence-electron chi connectivity index (χ2n) is 15.2. The lowest BCUT2D eigenvalue weighted by Crippen LogP contribution is -2.42. The summed E-state index contributed by atoms with van der Waals surface area (Å²) in [6, 6.07) is -0.0133. The highest BCUT2D eigenvalue weighted by Crippen LogP contribution is 2.33. The van der Waals surface area contributed by atoms with Crippen molar-refractivity contribution in [1.29, 1.82) is 0 Å². The van der Waals surface area contributed by atoms with Crippen LogP contribution < -0.4 is 26.6 Å². The quantitative estimate of drug-likeness (QED) is 0.0784. The number of allylic oxidation sites excluding steroid dienone is 3. The molecule has 1 aromatic heterocycles. The summed E-state index contributed by atoms with van der Waals surface area (Å²) < 4.78 is 23.4. The molecule has 0 saturated carbocycles. The zero-order valence-electron chi connectivity index (χ0n) is 34.6. The number of nitrogens with zero attached hydrogens (tertiary/aromatic N) is 1. The minimum absolute atomic E-state index is 0.00295. The number of hydrogen-bond acceptors (Lipinski definition) is 13. The van der Waals surface area contributed by atoms with Crippen molar-refractivity contribution < 1.29 is 42.9 Å². The Bertz CT molecular complexity index is 1640. The normalized spacial score (nSPS) is 27.1. The highest BCUT2D eigenvalue weighted by atomic mass is 79.9. The molecular formula is C41H61BrN6O9S2. The lowest BCUT2D eigenvalue weighted by Gasteiger charge is -2.22. The Kier molecular flexibility index (Phi) is 21.4. The molecule has 328 valence electrons. The molecule has 15 nitrogen and oxygen atoms in total. The van der Waals surface area contributed by atoms with Crippen LogP contribution >= 0.6 is 39.0 Å². The number of aromatic nitrogens is 1. The van der Waals surface area contributed by atoms with Crippen molar-refractivity contribution in [2.24, 2.45) is 0 Å². The number of thioether (sulfide) groups is 1. The summed E-state index contributed by atoms with van der Waals surface area (Å²) in [5.41, 5.74) is 1.79. The van der Waals surface area contributed by atoms with Crippen molar-refractivity contribution in [3.05, 3.63) is 50.4 Å². The first kappa shape index (κ1) is 48.4. The molecule has 4 rings (SSSR count). The fourth-order valence-corrected chi connectivity index (χ4v) is 9.82. The van der Waals surface area contributed by atoms with Crippen LogP contribution in [0.5, 0.6) is 0 Å². The van der Waals surface area contributed by atoms with Crippen molar-refractivity contribution in [1.82, 2.24) is 31.6 Å². The van der Waals surface area contributed by atoms with Gasteiger partial charge >= 0.3 is 18.0 Å². The topological polar surface area (TPSA) is 195 Å². The molecule has 2 saturated heterocycles. The first-order valence-corrected chi connectivity index (χ1v) is 23.2. The molecule has 7 atom stereocenters. The number of carbonyl (C=O) groups is 5. The van der Waals surface area contributed by atoms with E-state index in [0.717, 1.165) is 45.8 Å². The zero-order valence-corrected chi connectivity index (χ0v) is 37.8. The molecule has 0 spiro atoms. The van der Waals surface area contributed by atoms with Gasteiger partial charge in [0, 0.05) is 66.8 Å². The van der Waals surface area contributed by atoms with Gasteiger partial charge in [-0.05, 0) is 50.6 Å². The molecule has 3 aliphatic rings. The van der Waals surface area contributed by atoms with Gasteiger partial charge in [-0.2, -0.15) is 11.8 Å². The maximum atomic E-state index is 13.1. The van der Waals surface area contributed by atoms with E-state index in [1.165, 1.54) is 17.4 Å².